The van der Waals surface area contributed by atoms with Gasteiger partial charge in [-0.25, -0.2) is 4.98 Å². The molecule has 2 rings (SSSR count). The monoisotopic (exact) mass is 244 g/mol. The van der Waals surface area contributed by atoms with E-state index >= 15 is 0 Å². The lowest BCUT2D eigenvalue weighted by Crippen LogP contribution is -2.07. The average Bonchev–Trinajstić information content (AvgIpc) is 2.42. The molecule has 0 amide bonds. The fourth-order valence-corrected chi connectivity index (χ4v) is 1.68. The predicted octanol–water partition coefficient (Wildman–Crippen LogP) is 2.09. The van der Waals surface area contributed by atoms with E-state index in [0.29, 0.717) is 18.2 Å². The van der Waals surface area contributed by atoms with E-state index in [1.165, 1.54) is 0 Å². The Morgan fingerprint density at radius 3 is 2.72 bits per heavy atom. The number of hydrogen-bond acceptors (Lipinski definition) is 4. The van der Waals surface area contributed by atoms with Crippen LogP contribution in [0.4, 0.5) is 0 Å². The van der Waals surface area contributed by atoms with Crippen molar-refractivity contribution in [3.63, 3.8) is 0 Å². The molecule has 4 nitrogen and oxygen atoms in total. The highest BCUT2D eigenvalue weighted by molar-refractivity contribution is 5.37. The predicted molar refractivity (Wildman–Crippen MR) is 69.4 cm³/mol. The second-order valence-electron chi connectivity index (χ2n) is 3.87. The Labute approximate surface area is 106 Å². The molecule has 18 heavy (non-hydrogen) atoms. The van der Waals surface area contributed by atoms with E-state index in [2.05, 4.69) is 10.3 Å². The van der Waals surface area contributed by atoms with E-state index in [-0.39, 0.29) is 6.61 Å². The summed E-state index contributed by atoms with van der Waals surface area (Å²) in [7, 11) is 1.87. The maximum absolute atomic E-state index is 9.26. The lowest BCUT2D eigenvalue weighted by atomic mass is 10.2. The molecule has 0 unspecified atom stereocenters. The van der Waals surface area contributed by atoms with Crippen molar-refractivity contribution in [2.45, 2.75) is 13.2 Å². The van der Waals surface area contributed by atoms with Crippen LogP contribution in [0.2, 0.25) is 0 Å². The first-order chi connectivity index (χ1) is 8.85. The van der Waals surface area contributed by atoms with Gasteiger partial charge in [0.25, 0.3) is 0 Å². The van der Waals surface area contributed by atoms with Crippen molar-refractivity contribution < 1.29 is 9.84 Å². The maximum Gasteiger partial charge on any atom is 0.223 e. The van der Waals surface area contributed by atoms with Gasteiger partial charge in [-0.05, 0) is 19.2 Å². The second-order valence-corrected chi connectivity index (χ2v) is 3.87. The Kier molecular flexibility index (Phi) is 4.28. The molecular weight excluding hydrogens is 228 g/mol. The Morgan fingerprint density at radius 1 is 1.17 bits per heavy atom. The topological polar surface area (TPSA) is 54.4 Å². The molecule has 0 radical (unpaired) electrons. The molecule has 0 fully saturated rings. The largest absolute Gasteiger partial charge is 0.438 e. The number of pyridine rings is 1. The van der Waals surface area contributed by atoms with E-state index in [9.17, 15) is 5.11 Å². The number of aliphatic hydroxyl groups excluding tert-OH is 1. The fourth-order valence-electron chi connectivity index (χ4n) is 1.68. The van der Waals surface area contributed by atoms with Crippen LogP contribution in [0.25, 0.3) is 0 Å². The zero-order valence-electron chi connectivity index (χ0n) is 10.3. The van der Waals surface area contributed by atoms with Crippen molar-refractivity contribution >= 4 is 0 Å². The third-order valence-corrected chi connectivity index (χ3v) is 2.57. The van der Waals surface area contributed by atoms with Gasteiger partial charge in [0, 0.05) is 23.9 Å². The third kappa shape index (κ3) is 2.85. The Bertz CT molecular complexity index is 515. The third-order valence-electron chi connectivity index (χ3n) is 2.57. The van der Waals surface area contributed by atoms with Gasteiger partial charge in [0.2, 0.25) is 5.88 Å². The molecule has 4 heteroatoms. The molecule has 0 bridgehead atoms. The lowest BCUT2D eigenvalue weighted by molar-refractivity contribution is 0.276. The minimum Gasteiger partial charge on any atom is -0.438 e. The van der Waals surface area contributed by atoms with Crippen LogP contribution in [0.5, 0.6) is 11.6 Å². The molecule has 2 N–H and O–H groups in total. The Hall–Kier alpha value is -1.91. The first-order valence-electron chi connectivity index (χ1n) is 5.80. The summed E-state index contributed by atoms with van der Waals surface area (Å²) in [5.41, 5.74) is 1.73. The molecule has 94 valence electrons. The minimum atomic E-state index is -0.0512. The van der Waals surface area contributed by atoms with Gasteiger partial charge in [0.1, 0.15) is 5.75 Å². The molecule has 1 aromatic carbocycles. The summed E-state index contributed by atoms with van der Waals surface area (Å²) in [6.45, 7) is 0.634. The number of nitrogens with zero attached hydrogens (tertiary/aromatic N) is 1. The summed E-state index contributed by atoms with van der Waals surface area (Å²) >= 11 is 0. The van der Waals surface area contributed by atoms with Gasteiger partial charge in [0.05, 0.1) is 6.61 Å². The summed E-state index contributed by atoms with van der Waals surface area (Å²) in [5, 5.41) is 12.3. The molecule has 2 aromatic rings. The van der Waals surface area contributed by atoms with E-state index in [0.717, 1.165) is 11.1 Å². The van der Waals surface area contributed by atoms with Crippen molar-refractivity contribution in [2.24, 2.45) is 0 Å². The molecule has 0 aliphatic carbocycles. The van der Waals surface area contributed by atoms with Crippen LogP contribution in [0.3, 0.4) is 0 Å². The summed E-state index contributed by atoms with van der Waals surface area (Å²) in [6, 6.07) is 11.2. The zero-order chi connectivity index (χ0) is 12.8. The van der Waals surface area contributed by atoms with Gasteiger partial charge in [-0.3, -0.25) is 0 Å². The lowest BCUT2D eigenvalue weighted by Gasteiger charge is -2.11. The van der Waals surface area contributed by atoms with Crippen molar-refractivity contribution in [1.29, 1.82) is 0 Å². The summed E-state index contributed by atoms with van der Waals surface area (Å²) in [4.78, 5) is 4.22. The quantitative estimate of drug-likeness (QED) is 0.845. The van der Waals surface area contributed by atoms with Gasteiger partial charge < -0.3 is 15.2 Å². The first-order valence-corrected chi connectivity index (χ1v) is 5.80. The zero-order valence-corrected chi connectivity index (χ0v) is 10.3. The summed E-state index contributed by atoms with van der Waals surface area (Å²) < 4.78 is 5.77. The van der Waals surface area contributed by atoms with Gasteiger partial charge in [-0.15, -0.1) is 0 Å². The van der Waals surface area contributed by atoms with Crippen LogP contribution < -0.4 is 10.1 Å². The molecule has 0 spiro atoms. The smallest absolute Gasteiger partial charge is 0.223 e. The molecule has 0 saturated heterocycles. The van der Waals surface area contributed by atoms with Crippen LogP contribution in [-0.2, 0) is 13.2 Å². The van der Waals surface area contributed by atoms with Crippen LogP contribution in [-0.4, -0.2) is 17.1 Å². The van der Waals surface area contributed by atoms with E-state index in [4.69, 9.17) is 4.74 Å². The summed E-state index contributed by atoms with van der Waals surface area (Å²) in [5.74, 6) is 1.20. The number of benzene rings is 1. The van der Waals surface area contributed by atoms with E-state index in [1.54, 1.807) is 6.20 Å². The average molecular weight is 244 g/mol. The SMILES string of the molecule is CNCc1cccnc1Oc1ccccc1CO. The van der Waals surface area contributed by atoms with Gasteiger partial charge in [-0.2, -0.15) is 0 Å². The number of aromatic nitrogens is 1. The van der Waals surface area contributed by atoms with Crippen molar-refractivity contribution in [2.75, 3.05) is 7.05 Å². The highest BCUT2D eigenvalue weighted by Gasteiger charge is 2.08. The Morgan fingerprint density at radius 2 is 1.94 bits per heavy atom. The highest BCUT2D eigenvalue weighted by Crippen LogP contribution is 2.26. The van der Waals surface area contributed by atoms with Crippen molar-refractivity contribution in [3.05, 3.63) is 53.7 Å². The highest BCUT2D eigenvalue weighted by atomic mass is 16.5. The Balaban J connectivity index is 2.28. The van der Waals surface area contributed by atoms with Crippen LogP contribution in [0.1, 0.15) is 11.1 Å². The first kappa shape index (κ1) is 12.5. The molecule has 0 aliphatic rings. The number of para-hydroxylation sites is 1. The molecule has 1 heterocycles. The fraction of sp³-hybridized carbons (Fsp3) is 0.214. The normalized spacial score (nSPS) is 10.3. The molecule has 0 aliphatic heterocycles. The standard InChI is InChI=1S/C14H16N2O2/c1-15-9-11-6-4-8-16-14(11)18-13-7-3-2-5-12(13)10-17/h2-8,15,17H,9-10H2,1H3. The van der Waals surface area contributed by atoms with Crippen molar-refractivity contribution in [3.8, 4) is 11.6 Å². The summed E-state index contributed by atoms with van der Waals surface area (Å²) in [6.07, 6.45) is 1.69. The second kappa shape index (κ2) is 6.14. The van der Waals surface area contributed by atoms with Crippen LogP contribution >= 0.6 is 0 Å². The number of nitrogens with one attached hydrogen (secondary N) is 1. The van der Waals surface area contributed by atoms with Gasteiger partial charge >= 0.3 is 0 Å². The van der Waals surface area contributed by atoms with Crippen molar-refractivity contribution in [1.82, 2.24) is 10.3 Å². The molecule has 0 saturated carbocycles. The van der Waals surface area contributed by atoms with Crippen LogP contribution in [0, 0.1) is 0 Å². The molecular formula is C14H16N2O2. The van der Waals surface area contributed by atoms with Gasteiger partial charge in [0.15, 0.2) is 0 Å². The van der Waals surface area contributed by atoms with Gasteiger partial charge in [-0.1, -0.05) is 24.3 Å². The van der Waals surface area contributed by atoms with E-state index < -0.39 is 0 Å². The number of hydrogen-bond donors (Lipinski definition) is 2. The number of rotatable bonds is 5. The number of aliphatic hydroxyl groups is 1. The van der Waals surface area contributed by atoms with E-state index in [1.807, 2.05) is 43.4 Å². The maximum atomic E-state index is 9.26. The molecule has 1 aromatic heterocycles. The van der Waals surface area contributed by atoms with Crippen LogP contribution in [0.15, 0.2) is 42.6 Å². The molecule has 0 atom stereocenters. The minimum absolute atomic E-state index is 0.0512. The number of ether oxygens (including phenoxy) is 1.